The van der Waals surface area contributed by atoms with Crippen LogP contribution in [-0.2, 0) is 10.0 Å². The summed E-state index contributed by atoms with van der Waals surface area (Å²) in [5, 5.41) is 13.5. The maximum atomic E-state index is 12.4. The summed E-state index contributed by atoms with van der Waals surface area (Å²) in [6.45, 7) is 3.82. The van der Waals surface area contributed by atoms with Crippen LogP contribution in [0.1, 0.15) is 30.6 Å². The van der Waals surface area contributed by atoms with E-state index in [2.05, 4.69) is 10.0 Å². The van der Waals surface area contributed by atoms with Crippen molar-refractivity contribution in [3.8, 4) is 0 Å². The van der Waals surface area contributed by atoms with E-state index in [4.69, 9.17) is 0 Å². The average Bonchev–Trinajstić information content (AvgIpc) is 2.61. The summed E-state index contributed by atoms with van der Waals surface area (Å²) in [5.74, 6) is -0.296. The molecule has 2 aromatic rings. The molecule has 2 rings (SSSR count). The number of sulfonamides is 1. The van der Waals surface area contributed by atoms with Crippen molar-refractivity contribution < 1.29 is 18.1 Å². The minimum Gasteiger partial charge on any atom is -0.350 e. The molecule has 0 spiro atoms. The quantitative estimate of drug-likeness (QED) is 0.568. The van der Waals surface area contributed by atoms with Crippen molar-refractivity contribution in [2.24, 2.45) is 0 Å². The van der Waals surface area contributed by atoms with E-state index in [-0.39, 0.29) is 28.2 Å². The minimum atomic E-state index is -3.93. The fourth-order valence-corrected chi connectivity index (χ4v) is 3.14. The molecule has 138 valence electrons. The lowest BCUT2D eigenvalue weighted by Crippen LogP contribution is -2.31. The van der Waals surface area contributed by atoms with E-state index < -0.39 is 14.9 Å². The zero-order valence-electron chi connectivity index (χ0n) is 14.3. The van der Waals surface area contributed by atoms with Crippen molar-refractivity contribution in [1.29, 1.82) is 0 Å². The molecule has 2 N–H and O–H groups in total. The molecule has 1 atom stereocenters. The van der Waals surface area contributed by atoms with Gasteiger partial charge in [-0.3, -0.25) is 19.6 Å². The van der Waals surface area contributed by atoms with Gasteiger partial charge in [-0.15, -0.1) is 0 Å². The summed E-state index contributed by atoms with van der Waals surface area (Å²) in [4.78, 5) is 22.1. The van der Waals surface area contributed by atoms with Crippen molar-refractivity contribution in [3.63, 3.8) is 0 Å². The van der Waals surface area contributed by atoms with E-state index in [1.807, 2.05) is 13.8 Å². The Labute approximate surface area is 151 Å². The Morgan fingerprint density at radius 1 is 1.19 bits per heavy atom. The first-order valence-electron chi connectivity index (χ1n) is 7.91. The first-order chi connectivity index (χ1) is 12.2. The van der Waals surface area contributed by atoms with Gasteiger partial charge in [-0.25, -0.2) is 8.42 Å². The summed E-state index contributed by atoms with van der Waals surface area (Å²) >= 11 is 0. The number of carbonyl (C=O) groups is 1. The summed E-state index contributed by atoms with van der Waals surface area (Å²) < 4.78 is 27.2. The average molecular weight is 377 g/mol. The number of non-ortho nitro benzene ring substituents is 1. The van der Waals surface area contributed by atoms with Gasteiger partial charge in [0, 0.05) is 29.4 Å². The van der Waals surface area contributed by atoms with Gasteiger partial charge in [0.05, 0.1) is 9.82 Å². The number of nitro benzene ring substituents is 1. The molecule has 0 aromatic heterocycles. The summed E-state index contributed by atoms with van der Waals surface area (Å²) in [6, 6.07) is 10.6. The molecule has 1 unspecified atom stereocenters. The Bertz CT molecular complexity index is 910. The highest BCUT2D eigenvalue weighted by molar-refractivity contribution is 7.92. The van der Waals surface area contributed by atoms with E-state index in [0.29, 0.717) is 5.56 Å². The topological polar surface area (TPSA) is 118 Å². The highest BCUT2D eigenvalue weighted by atomic mass is 32.2. The van der Waals surface area contributed by atoms with Gasteiger partial charge in [-0.05, 0) is 43.7 Å². The molecule has 26 heavy (non-hydrogen) atoms. The van der Waals surface area contributed by atoms with Crippen LogP contribution in [0.4, 0.5) is 11.4 Å². The number of hydrogen-bond acceptors (Lipinski definition) is 5. The van der Waals surface area contributed by atoms with Gasteiger partial charge in [-0.1, -0.05) is 13.0 Å². The van der Waals surface area contributed by atoms with Gasteiger partial charge in [0.2, 0.25) is 0 Å². The number of rotatable bonds is 7. The highest BCUT2D eigenvalue weighted by Gasteiger charge is 2.17. The van der Waals surface area contributed by atoms with Gasteiger partial charge in [0.25, 0.3) is 21.6 Å². The van der Waals surface area contributed by atoms with Gasteiger partial charge >= 0.3 is 0 Å². The zero-order valence-corrected chi connectivity index (χ0v) is 15.1. The maximum absolute atomic E-state index is 12.4. The van der Waals surface area contributed by atoms with Crippen molar-refractivity contribution >= 4 is 27.3 Å². The van der Waals surface area contributed by atoms with Crippen LogP contribution >= 0.6 is 0 Å². The lowest BCUT2D eigenvalue weighted by atomic mass is 10.1. The highest BCUT2D eigenvalue weighted by Crippen LogP contribution is 2.20. The Hall–Kier alpha value is -2.94. The second-order valence-corrected chi connectivity index (χ2v) is 7.40. The number of benzene rings is 2. The summed E-state index contributed by atoms with van der Waals surface area (Å²) in [5.41, 5.74) is 0.349. The van der Waals surface area contributed by atoms with Crippen molar-refractivity contribution in [1.82, 2.24) is 5.32 Å². The van der Waals surface area contributed by atoms with Crippen molar-refractivity contribution in [2.45, 2.75) is 31.2 Å². The van der Waals surface area contributed by atoms with Crippen LogP contribution in [0.25, 0.3) is 0 Å². The lowest BCUT2D eigenvalue weighted by molar-refractivity contribution is -0.384. The molecule has 0 radical (unpaired) electrons. The fourth-order valence-electron chi connectivity index (χ4n) is 2.09. The molecule has 0 bridgehead atoms. The Balaban J connectivity index is 2.20. The first-order valence-corrected chi connectivity index (χ1v) is 9.39. The Morgan fingerprint density at radius 3 is 2.42 bits per heavy atom. The van der Waals surface area contributed by atoms with E-state index in [0.717, 1.165) is 30.7 Å². The summed E-state index contributed by atoms with van der Waals surface area (Å²) in [7, 11) is -3.93. The number of nitrogens with zero attached hydrogens (tertiary/aromatic N) is 1. The number of anilines is 1. The Morgan fingerprint density at radius 2 is 1.85 bits per heavy atom. The normalized spacial score (nSPS) is 12.2. The van der Waals surface area contributed by atoms with Gasteiger partial charge < -0.3 is 5.32 Å². The van der Waals surface area contributed by atoms with Crippen LogP contribution in [0.5, 0.6) is 0 Å². The first kappa shape index (κ1) is 19.4. The smallest absolute Gasteiger partial charge is 0.269 e. The molecule has 0 heterocycles. The third-order valence-electron chi connectivity index (χ3n) is 3.72. The molecule has 1 amide bonds. The van der Waals surface area contributed by atoms with Crippen LogP contribution in [0.15, 0.2) is 53.4 Å². The standard InChI is InChI=1S/C17H19N3O5S/c1-3-12(2)18-17(21)13-5-4-6-14(11-13)19-26(24,25)16-9-7-15(8-10-16)20(22)23/h4-12,19H,3H2,1-2H3,(H,18,21). The molecular formula is C17H19N3O5S. The van der Waals surface area contributed by atoms with E-state index in [1.54, 1.807) is 12.1 Å². The SMILES string of the molecule is CCC(C)NC(=O)c1cccc(NS(=O)(=O)c2ccc([N+](=O)[O-])cc2)c1. The molecular weight excluding hydrogens is 358 g/mol. The van der Waals surface area contributed by atoms with Crippen LogP contribution < -0.4 is 10.0 Å². The van der Waals surface area contributed by atoms with Crippen LogP contribution in [0.2, 0.25) is 0 Å². The van der Waals surface area contributed by atoms with Gasteiger partial charge in [0.15, 0.2) is 0 Å². The van der Waals surface area contributed by atoms with Crippen LogP contribution in [0.3, 0.4) is 0 Å². The predicted octanol–water partition coefficient (Wildman–Crippen LogP) is 2.92. The number of nitrogens with one attached hydrogen (secondary N) is 2. The second-order valence-electron chi connectivity index (χ2n) is 5.72. The monoisotopic (exact) mass is 377 g/mol. The second kappa shape index (κ2) is 7.96. The molecule has 0 aliphatic carbocycles. The van der Waals surface area contributed by atoms with Crippen molar-refractivity contribution in [2.75, 3.05) is 4.72 Å². The lowest BCUT2D eigenvalue weighted by Gasteiger charge is -2.13. The largest absolute Gasteiger partial charge is 0.350 e. The zero-order chi connectivity index (χ0) is 19.3. The molecule has 2 aromatic carbocycles. The van der Waals surface area contributed by atoms with Crippen LogP contribution in [-0.4, -0.2) is 25.3 Å². The fraction of sp³-hybridized carbons (Fsp3) is 0.235. The molecule has 8 nitrogen and oxygen atoms in total. The molecule has 0 saturated carbocycles. The Kier molecular flexibility index (Phi) is 5.93. The minimum absolute atomic E-state index is 0.00274. The third-order valence-corrected chi connectivity index (χ3v) is 5.12. The molecule has 0 aliphatic rings. The predicted molar refractivity (Wildman–Crippen MR) is 97.6 cm³/mol. The molecule has 9 heteroatoms. The molecule has 0 fully saturated rings. The third kappa shape index (κ3) is 4.79. The molecule has 0 aliphatic heterocycles. The number of amides is 1. The van der Waals surface area contributed by atoms with Gasteiger partial charge in [-0.2, -0.15) is 0 Å². The number of hydrogen-bond donors (Lipinski definition) is 2. The maximum Gasteiger partial charge on any atom is 0.269 e. The molecule has 0 saturated heterocycles. The number of nitro groups is 1. The summed E-state index contributed by atoms with van der Waals surface area (Å²) in [6.07, 6.45) is 0.776. The van der Waals surface area contributed by atoms with E-state index >= 15 is 0 Å². The van der Waals surface area contributed by atoms with Gasteiger partial charge in [0.1, 0.15) is 0 Å². The van der Waals surface area contributed by atoms with E-state index in [1.165, 1.54) is 12.1 Å². The number of carbonyl (C=O) groups excluding carboxylic acids is 1. The van der Waals surface area contributed by atoms with Crippen molar-refractivity contribution in [3.05, 3.63) is 64.2 Å². The van der Waals surface area contributed by atoms with Crippen LogP contribution in [0, 0.1) is 10.1 Å². The van der Waals surface area contributed by atoms with E-state index in [9.17, 15) is 23.3 Å².